The van der Waals surface area contributed by atoms with Crippen molar-refractivity contribution >= 4 is 17.5 Å². The molecule has 2 rings (SSSR count). The lowest BCUT2D eigenvalue weighted by Crippen LogP contribution is -2.34. The summed E-state index contributed by atoms with van der Waals surface area (Å²) >= 11 is 5.94. The Morgan fingerprint density at radius 2 is 1.95 bits per heavy atom. The molecule has 1 atom stereocenters. The predicted octanol–water partition coefficient (Wildman–Crippen LogP) is 3.69. The van der Waals surface area contributed by atoms with E-state index in [1.165, 1.54) is 0 Å². The van der Waals surface area contributed by atoms with Gasteiger partial charge in [0.05, 0.1) is 11.7 Å². The zero-order chi connectivity index (χ0) is 14.5. The molecular formula is C16H17ClN2O. The average molecular weight is 289 g/mol. The third-order valence-corrected chi connectivity index (χ3v) is 3.46. The van der Waals surface area contributed by atoms with E-state index in [-0.39, 0.29) is 11.9 Å². The first-order valence-corrected chi connectivity index (χ1v) is 6.95. The highest BCUT2D eigenvalue weighted by Crippen LogP contribution is 2.28. The molecule has 2 aromatic rings. The normalized spacial score (nSPS) is 11.9. The third-order valence-electron chi connectivity index (χ3n) is 3.21. The van der Waals surface area contributed by atoms with E-state index in [0.29, 0.717) is 11.6 Å². The van der Waals surface area contributed by atoms with Crippen molar-refractivity contribution in [3.8, 4) is 0 Å². The van der Waals surface area contributed by atoms with E-state index in [1.807, 2.05) is 49.4 Å². The predicted molar refractivity (Wildman–Crippen MR) is 80.6 cm³/mol. The van der Waals surface area contributed by atoms with Gasteiger partial charge in [0, 0.05) is 24.7 Å². The molecule has 1 aromatic heterocycles. The van der Waals surface area contributed by atoms with Crippen molar-refractivity contribution < 1.29 is 4.79 Å². The number of halogens is 1. The van der Waals surface area contributed by atoms with E-state index >= 15 is 0 Å². The van der Waals surface area contributed by atoms with Crippen LogP contribution in [0.3, 0.4) is 0 Å². The fraction of sp³-hybridized carbons (Fsp3) is 0.250. The van der Waals surface area contributed by atoms with Crippen LogP contribution in [0.2, 0.25) is 5.02 Å². The Labute approximate surface area is 124 Å². The van der Waals surface area contributed by atoms with Crippen LogP contribution in [0, 0.1) is 0 Å². The molecule has 0 aliphatic rings. The van der Waals surface area contributed by atoms with Crippen LogP contribution in [0.4, 0.5) is 0 Å². The van der Waals surface area contributed by atoms with Gasteiger partial charge in [-0.15, -0.1) is 0 Å². The van der Waals surface area contributed by atoms with E-state index in [4.69, 9.17) is 11.6 Å². The molecule has 4 heteroatoms. The van der Waals surface area contributed by atoms with Gasteiger partial charge >= 0.3 is 0 Å². The second-order valence-electron chi connectivity index (χ2n) is 4.51. The Balaban J connectivity index is 2.49. The first kappa shape index (κ1) is 14.5. The number of rotatable bonds is 4. The van der Waals surface area contributed by atoms with Gasteiger partial charge in [-0.2, -0.15) is 0 Å². The summed E-state index contributed by atoms with van der Waals surface area (Å²) in [7, 11) is 0. The van der Waals surface area contributed by atoms with E-state index in [1.54, 1.807) is 18.0 Å². The molecule has 0 fully saturated rings. The molecule has 0 N–H and O–H groups in total. The van der Waals surface area contributed by atoms with Gasteiger partial charge in [-0.05, 0) is 36.8 Å². The Kier molecular flexibility index (Phi) is 4.74. The molecule has 0 spiro atoms. The minimum absolute atomic E-state index is 0.0260. The van der Waals surface area contributed by atoms with Gasteiger partial charge in [0.25, 0.3) is 0 Å². The second-order valence-corrected chi connectivity index (χ2v) is 4.95. The molecule has 0 aliphatic heterocycles. The maximum atomic E-state index is 11.9. The molecule has 0 aliphatic carbocycles. The number of amides is 1. The quantitative estimate of drug-likeness (QED) is 0.859. The number of carbonyl (C=O) groups is 1. The second kappa shape index (κ2) is 6.53. The van der Waals surface area contributed by atoms with Crippen LogP contribution < -0.4 is 0 Å². The van der Waals surface area contributed by atoms with E-state index in [2.05, 4.69) is 4.98 Å². The first-order valence-electron chi connectivity index (χ1n) is 6.57. The Morgan fingerprint density at radius 1 is 1.25 bits per heavy atom. The van der Waals surface area contributed by atoms with Gasteiger partial charge in [0.2, 0.25) is 5.91 Å². The maximum absolute atomic E-state index is 11.9. The van der Waals surface area contributed by atoms with E-state index in [0.717, 1.165) is 11.3 Å². The number of hydrogen-bond donors (Lipinski definition) is 0. The van der Waals surface area contributed by atoms with Gasteiger partial charge in [-0.1, -0.05) is 29.8 Å². The lowest BCUT2D eigenvalue weighted by atomic mass is 10.0. The van der Waals surface area contributed by atoms with Crippen molar-refractivity contribution in [2.45, 2.75) is 19.9 Å². The summed E-state index contributed by atoms with van der Waals surface area (Å²) in [5.74, 6) is 0.0260. The largest absolute Gasteiger partial charge is 0.330 e. The van der Waals surface area contributed by atoms with E-state index in [9.17, 15) is 4.79 Å². The van der Waals surface area contributed by atoms with Crippen molar-refractivity contribution in [3.05, 3.63) is 64.9 Å². The number of pyridine rings is 1. The summed E-state index contributed by atoms with van der Waals surface area (Å²) < 4.78 is 0. The summed E-state index contributed by atoms with van der Waals surface area (Å²) in [6, 6.07) is 13.1. The van der Waals surface area contributed by atoms with Crippen LogP contribution in [0.1, 0.15) is 31.1 Å². The zero-order valence-corrected chi connectivity index (χ0v) is 12.3. The Bertz CT molecular complexity index is 569. The summed E-state index contributed by atoms with van der Waals surface area (Å²) in [6.45, 7) is 4.17. The number of aromatic nitrogens is 1. The highest BCUT2D eigenvalue weighted by molar-refractivity contribution is 6.30. The van der Waals surface area contributed by atoms with Crippen LogP contribution in [-0.2, 0) is 4.79 Å². The summed E-state index contributed by atoms with van der Waals surface area (Å²) in [5, 5.41) is 0.680. The Hall–Kier alpha value is -1.87. The van der Waals surface area contributed by atoms with Crippen molar-refractivity contribution in [3.63, 3.8) is 0 Å². The molecule has 0 radical (unpaired) electrons. The Morgan fingerprint density at radius 3 is 2.45 bits per heavy atom. The minimum Gasteiger partial charge on any atom is -0.330 e. The topological polar surface area (TPSA) is 33.2 Å². The van der Waals surface area contributed by atoms with Gasteiger partial charge in [0.1, 0.15) is 0 Å². The van der Waals surface area contributed by atoms with Gasteiger partial charge in [-0.25, -0.2) is 0 Å². The van der Waals surface area contributed by atoms with Crippen LogP contribution >= 0.6 is 11.6 Å². The summed E-state index contributed by atoms with van der Waals surface area (Å²) in [5.41, 5.74) is 1.86. The first-order chi connectivity index (χ1) is 9.63. The SMILES string of the molecule is CCN(C(C)=O)[C@@H](c1ccc(Cl)cc1)c1ccccn1. The lowest BCUT2D eigenvalue weighted by Gasteiger charge is -2.30. The number of nitrogens with zero attached hydrogens (tertiary/aromatic N) is 2. The highest BCUT2D eigenvalue weighted by atomic mass is 35.5. The maximum Gasteiger partial charge on any atom is 0.220 e. The molecule has 0 saturated heterocycles. The third kappa shape index (κ3) is 3.17. The van der Waals surface area contributed by atoms with Crippen molar-refractivity contribution in [1.29, 1.82) is 0 Å². The molecular weight excluding hydrogens is 272 g/mol. The number of benzene rings is 1. The molecule has 1 amide bonds. The minimum atomic E-state index is -0.184. The van der Waals surface area contributed by atoms with Crippen LogP contribution in [0.5, 0.6) is 0 Å². The van der Waals surface area contributed by atoms with Crippen LogP contribution in [-0.4, -0.2) is 22.3 Å². The van der Waals surface area contributed by atoms with Crippen LogP contribution in [0.15, 0.2) is 48.7 Å². The van der Waals surface area contributed by atoms with Crippen molar-refractivity contribution in [2.75, 3.05) is 6.54 Å². The number of hydrogen-bond acceptors (Lipinski definition) is 2. The molecule has 104 valence electrons. The summed E-state index contributed by atoms with van der Waals surface area (Å²) in [6.07, 6.45) is 1.74. The monoisotopic (exact) mass is 288 g/mol. The smallest absolute Gasteiger partial charge is 0.220 e. The van der Waals surface area contributed by atoms with Crippen molar-refractivity contribution in [2.24, 2.45) is 0 Å². The van der Waals surface area contributed by atoms with Gasteiger partial charge < -0.3 is 4.90 Å². The standard InChI is InChI=1S/C16H17ClN2O/c1-3-19(12(2)20)16(15-6-4-5-11-18-15)13-7-9-14(17)10-8-13/h4-11,16H,3H2,1-2H3/t16-/m0/s1. The van der Waals surface area contributed by atoms with Gasteiger partial charge in [-0.3, -0.25) is 9.78 Å². The molecule has 0 unspecified atom stereocenters. The molecule has 0 saturated carbocycles. The summed E-state index contributed by atoms with van der Waals surface area (Å²) in [4.78, 5) is 18.1. The van der Waals surface area contributed by atoms with Gasteiger partial charge in [0.15, 0.2) is 0 Å². The molecule has 0 bridgehead atoms. The molecule has 3 nitrogen and oxygen atoms in total. The van der Waals surface area contributed by atoms with Crippen molar-refractivity contribution in [1.82, 2.24) is 9.88 Å². The molecule has 1 heterocycles. The average Bonchev–Trinajstić information content (AvgIpc) is 2.46. The number of carbonyl (C=O) groups excluding carboxylic acids is 1. The fourth-order valence-electron chi connectivity index (χ4n) is 2.28. The molecule has 1 aromatic carbocycles. The highest BCUT2D eigenvalue weighted by Gasteiger charge is 2.24. The lowest BCUT2D eigenvalue weighted by molar-refractivity contribution is -0.130. The van der Waals surface area contributed by atoms with Crippen LogP contribution in [0.25, 0.3) is 0 Å². The van der Waals surface area contributed by atoms with E-state index < -0.39 is 0 Å². The zero-order valence-electron chi connectivity index (χ0n) is 11.6. The molecule has 20 heavy (non-hydrogen) atoms. The fourth-order valence-corrected chi connectivity index (χ4v) is 2.41.